The first kappa shape index (κ1) is 18.2. The van der Waals surface area contributed by atoms with Crippen LogP contribution in [0, 0.1) is 6.92 Å². The Labute approximate surface area is 135 Å². The molecule has 0 unspecified atom stereocenters. The number of epoxide rings is 1. The third-order valence-electron chi connectivity index (χ3n) is 3.20. The van der Waals surface area contributed by atoms with E-state index in [9.17, 15) is 0 Å². The molecule has 120 valence electrons. The summed E-state index contributed by atoms with van der Waals surface area (Å²) in [5, 5.41) is 0. The van der Waals surface area contributed by atoms with Crippen molar-refractivity contribution in [1.29, 1.82) is 0 Å². The fourth-order valence-electron chi connectivity index (χ4n) is 2.05. The van der Waals surface area contributed by atoms with Gasteiger partial charge >= 0.3 is 0 Å². The number of ether oxygens (including phenoxy) is 2. The van der Waals surface area contributed by atoms with E-state index in [0.717, 1.165) is 12.4 Å². The Kier molecular flexibility index (Phi) is 8.31. The van der Waals surface area contributed by atoms with Gasteiger partial charge < -0.3 is 9.47 Å². The van der Waals surface area contributed by atoms with Crippen LogP contribution in [-0.2, 0) is 4.74 Å². The number of hydrogen-bond acceptors (Lipinski definition) is 2. The van der Waals surface area contributed by atoms with Crippen molar-refractivity contribution in [3.8, 4) is 16.9 Å². The lowest BCUT2D eigenvalue weighted by atomic mass is 10.00. The van der Waals surface area contributed by atoms with Crippen LogP contribution in [0.1, 0.15) is 33.3 Å². The monoisotopic (exact) mass is 300 g/mol. The SMILES string of the molecule is CC.CC.Cc1c(OC[C@H]2CO2)cccc1-c1ccccc1. The predicted octanol–water partition coefficient (Wildman–Crippen LogP) is 5.49. The highest BCUT2D eigenvalue weighted by atomic mass is 16.6. The molecule has 0 aromatic heterocycles. The molecule has 2 nitrogen and oxygen atoms in total. The molecule has 1 saturated heterocycles. The topological polar surface area (TPSA) is 21.8 Å². The van der Waals surface area contributed by atoms with Gasteiger partial charge in [0, 0.05) is 0 Å². The normalized spacial score (nSPS) is 14.9. The van der Waals surface area contributed by atoms with E-state index in [2.05, 4.69) is 37.3 Å². The standard InChI is InChI=1S/C16H16O2.2C2H6/c1-12-15(13-6-3-2-4-7-13)8-5-9-16(12)18-11-14-10-17-14;2*1-2/h2-9,14H,10-11H2,1H3;2*1-2H3/t14-;;/m1../s1. The Bertz CT molecular complexity index is 531. The lowest BCUT2D eigenvalue weighted by Gasteiger charge is -2.12. The van der Waals surface area contributed by atoms with Crippen molar-refractivity contribution in [2.75, 3.05) is 13.2 Å². The van der Waals surface area contributed by atoms with Crippen LogP contribution in [-0.4, -0.2) is 19.3 Å². The molecule has 1 aliphatic rings. The van der Waals surface area contributed by atoms with E-state index in [1.54, 1.807) is 0 Å². The van der Waals surface area contributed by atoms with Gasteiger partial charge in [0.1, 0.15) is 18.5 Å². The smallest absolute Gasteiger partial charge is 0.122 e. The molecule has 2 aromatic carbocycles. The molecule has 0 aliphatic carbocycles. The van der Waals surface area contributed by atoms with E-state index in [4.69, 9.17) is 9.47 Å². The summed E-state index contributed by atoms with van der Waals surface area (Å²) in [7, 11) is 0. The lowest BCUT2D eigenvalue weighted by molar-refractivity contribution is 0.262. The first-order valence-corrected chi connectivity index (χ1v) is 8.24. The Morgan fingerprint density at radius 1 is 0.955 bits per heavy atom. The molecule has 0 radical (unpaired) electrons. The highest BCUT2D eigenvalue weighted by Crippen LogP contribution is 2.30. The highest BCUT2D eigenvalue weighted by molar-refractivity contribution is 5.69. The van der Waals surface area contributed by atoms with Crippen molar-refractivity contribution in [2.24, 2.45) is 0 Å². The molecule has 2 heteroatoms. The number of benzene rings is 2. The van der Waals surface area contributed by atoms with E-state index in [0.29, 0.717) is 12.7 Å². The van der Waals surface area contributed by atoms with Crippen molar-refractivity contribution < 1.29 is 9.47 Å². The maximum atomic E-state index is 5.80. The first-order valence-electron chi connectivity index (χ1n) is 8.24. The molecule has 22 heavy (non-hydrogen) atoms. The van der Waals surface area contributed by atoms with Crippen LogP contribution in [0.3, 0.4) is 0 Å². The predicted molar refractivity (Wildman–Crippen MR) is 94.5 cm³/mol. The fourth-order valence-corrected chi connectivity index (χ4v) is 2.05. The van der Waals surface area contributed by atoms with E-state index in [1.807, 2.05) is 45.9 Å². The molecule has 1 fully saturated rings. The van der Waals surface area contributed by atoms with Gasteiger partial charge in [-0.2, -0.15) is 0 Å². The summed E-state index contributed by atoms with van der Waals surface area (Å²) in [5.74, 6) is 0.951. The summed E-state index contributed by atoms with van der Waals surface area (Å²) >= 11 is 0. The van der Waals surface area contributed by atoms with Crippen molar-refractivity contribution in [1.82, 2.24) is 0 Å². The van der Waals surface area contributed by atoms with Crippen LogP contribution in [0.2, 0.25) is 0 Å². The fraction of sp³-hybridized carbons (Fsp3) is 0.400. The summed E-state index contributed by atoms with van der Waals surface area (Å²) < 4.78 is 11.0. The second kappa shape index (κ2) is 10.0. The van der Waals surface area contributed by atoms with Gasteiger partial charge in [-0.15, -0.1) is 0 Å². The molecule has 1 atom stereocenters. The zero-order valence-corrected chi connectivity index (χ0v) is 14.4. The van der Waals surface area contributed by atoms with Gasteiger partial charge in [0.25, 0.3) is 0 Å². The van der Waals surface area contributed by atoms with Gasteiger partial charge in [-0.25, -0.2) is 0 Å². The maximum absolute atomic E-state index is 5.80. The molecule has 2 aromatic rings. The zero-order chi connectivity index (χ0) is 16.4. The van der Waals surface area contributed by atoms with E-state index in [1.165, 1.54) is 16.7 Å². The van der Waals surface area contributed by atoms with Gasteiger partial charge in [0.05, 0.1) is 6.61 Å². The molecular formula is C20H28O2. The Morgan fingerprint density at radius 3 is 2.18 bits per heavy atom. The summed E-state index contributed by atoms with van der Waals surface area (Å²) in [6.07, 6.45) is 0.296. The molecule has 0 saturated carbocycles. The van der Waals surface area contributed by atoms with Gasteiger partial charge in [-0.3, -0.25) is 0 Å². The zero-order valence-electron chi connectivity index (χ0n) is 14.4. The van der Waals surface area contributed by atoms with Crippen LogP contribution in [0.5, 0.6) is 5.75 Å². The van der Waals surface area contributed by atoms with Gasteiger partial charge in [-0.1, -0.05) is 70.2 Å². The van der Waals surface area contributed by atoms with E-state index >= 15 is 0 Å². The average Bonchev–Trinajstić information content (AvgIpc) is 3.43. The Balaban J connectivity index is 0.000000561. The number of rotatable bonds is 4. The first-order chi connectivity index (χ1) is 10.8. The van der Waals surface area contributed by atoms with Crippen LogP contribution in [0.15, 0.2) is 48.5 Å². The summed E-state index contributed by atoms with van der Waals surface area (Å²) in [5.41, 5.74) is 3.64. The second-order valence-corrected chi connectivity index (χ2v) is 4.56. The molecule has 1 heterocycles. The minimum absolute atomic E-state index is 0.296. The molecule has 0 spiro atoms. The molecule has 0 amide bonds. The van der Waals surface area contributed by atoms with Crippen molar-refractivity contribution in [2.45, 2.75) is 40.7 Å². The van der Waals surface area contributed by atoms with Crippen LogP contribution in [0.25, 0.3) is 11.1 Å². The van der Waals surface area contributed by atoms with Crippen LogP contribution < -0.4 is 4.74 Å². The average molecular weight is 300 g/mol. The van der Waals surface area contributed by atoms with Crippen molar-refractivity contribution in [3.63, 3.8) is 0 Å². The van der Waals surface area contributed by atoms with E-state index < -0.39 is 0 Å². The Morgan fingerprint density at radius 2 is 1.59 bits per heavy atom. The second-order valence-electron chi connectivity index (χ2n) is 4.56. The Hall–Kier alpha value is -1.80. The third kappa shape index (κ3) is 5.19. The third-order valence-corrected chi connectivity index (χ3v) is 3.20. The highest BCUT2D eigenvalue weighted by Gasteiger charge is 2.23. The largest absolute Gasteiger partial charge is 0.490 e. The van der Waals surface area contributed by atoms with Gasteiger partial charge in [0.15, 0.2) is 0 Å². The molecular weight excluding hydrogens is 272 g/mol. The summed E-state index contributed by atoms with van der Waals surface area (Å²) in [6, 6.07) is 16.6. The van der Waals surface area contributed by atoms with Gasteiger partial charge in [-0.05, 0) is 29.7 Å². The van der Waals surface area contributed by atoms with E-state index in [-0.39, 0.29) is 0 Å². The molecule has 1 aliphatic heterocycles. The quantitative estimate of drug-likeness (QED) is 0.696. The summed E-state index contributed by atoms with van der Waals surface area (Å²) in [6.45, 7) is 11.6. The van der Waals surface area contributed by atoms with Crippen molar-refractivity contribution >= 4 is 0 Å². The minimum atomic E-state index is 0.296. The lowest BCUT2D eigenvalue weighted by Crippen LogP contribution is -2.05. The van der Waals surface area contributed by atoms with Gasteiger partial charge in [0.2, 0.25) is 0 Å². The van der Waals surface area contributed by atoms with Crippen molar-refractivity contribution in [3.05, 3.63) is 54.1 Å². The molecule has 3 rings (SSSR count). The maximum Gasteiger partial charge on any atom is 0.122 e. The van der Waals surface area contributed by atoms with Crippen LogP contribution in [0.4, 0.5) is 0 Å². The molecule has 0 N–H and O–H groups in total. The minimum Gasteiger partial charge on any atom is -0.490 e. The summed E-state index contributed by atoms with van der Waals surface area (Å²) in [4.78, 5) is 0. The molecule has 0 bridgehead atoms. The number of hydrogen-bond donors (Lipinski definition) is 0. The van der Waals surface area contributed by atoms with Crippen LogP contribution >= 0.6 is 0 Å².